The van der Waals surface area contributed by atoms with Crippen LogP contribution in [-0.4, -0.2) is 57.7 Å². The Morgan fingerprint density at radius 2 is 2.04 bits per heavy atom. The molecular formula is C18H29N5O2. The molecule has 1 fully saturated rings. The van der Waals surface area contributed by atoms with Crippen molar-refractivity contribution in [2.45, 2.75) is 52.1 Å². The Balaban J connectivity index is 1.56. The molecule has 3 heterocycles. The van der Waals surface area contributed by atoms with Crippen molar-refractivity contribution in [2.75, 3.05) is 26.2 Å². The Kier molecular flexibility index (Phi) is 5.60. The molecule has 0 spiro atoms. The highest BCUT2D eigenvalue weighted by Gasteiger charge is 2.28. The van der Waals surface area contributed by atoms with Crippen molar-refractivity contribution in [3.8, 4) is 0 Å². The normalized spacial score (nSPS) is 20.0. The van der Waals surface area contributed by atoms with Gasteiger partial charge in [0.2, 0.25) is 5.91 Å². The van der Waals surface area contributed by atoms with Gasteiger partial charge in [-0.25, -0.2) is 4.79 Å². The van der Waals surface area contributed by atoms with Crippen LogP contribution in [0.1, 0.15) is 51.3 Å². The zero-order valence-corrected chi connectivity index (χ0v) is 15.3. The summed E-state index contributed by atoms with van der Waals surface area (Å²) in [5.74, 6) is 0.561. The largest absolute Gasteiger partial charge is 0.338 e. The summed E-state index contributed by atoms with van der Waals surface area (Å²) in [6, 6.07) is 2.13. The summed E-state index contributed by atoms with van der Waals surface area (Å²) in [7, 11) is 0. The van der Waals surface area contributed by atoms with Crippen LogP contribution in [-0.2, 0) is 11.3 Å². The fourth-order valence-corrected chi connectivity index (χ4v) is 3.65. The molecule has 0 saturated carbocycles. The lowest BCUT2D eigenvalue weighted by Gasteiger charge is -2.34. The van der Waals surface area contributed by atoms with E-state index < -0.39 is 0 Å². The highest BCUT2D eigenvalue weighted by atomic mass is 16.2. The highest BCUT2D eigenvalue weighted by molar-refractivity contribution is 5.76. The monoisotopic (exact) mass is 347 g/mol. The second-order valence-electron chi connectivity index (χ2n) is 7.51. The zero-order chi connectivity index (χ0) is 17.8. The van der Waals surface area contributed by atoms with Gasteiger partial charge in [0.15, 0.2) is 0 Å². The lowest BCUT2D eigenvalue weighted by atomic mass is 10.1. The molecule has 2 aliphatic rings. The molecule has 1 N–H and O–H groups in total. The zero-order valence-electron chi connectivity index (χ0n) is 15.3. The van der Waals surface area contributed by atoms with Crippen LogP contribution >= 0.6 is 0 Å². The first-order valence-electron chi connectivity index (χ1n) is 9.37. The van der Waals surface area contributed by atoms with Crippen molar-refractivity contribution in [1.29, 1.82) is 0 Å². The summed E-state index contributed by atoms with van der Waals surface area (Å²) < 4.78 is 2.02. The number of urea groups is 1. The molecule has 1 aromatic heterocycles. The molecular weight excluding hydrogens is 318 g/mol. The van der Waals surface area contributed by atoms with Crippen molar-refractivity contribution >= 4 is 11.9 Å². The second kappa shape index (κ2) is 7.89. The number of amides is 3. The maximum absolute atomic E-state index is 12.5. The molecule has 0 aliphatic carbocycles. The fraction of sp³-hybridized carbons (Fsp3) is 0.722. The van der Waals surface area contributed by atoms with E-state index in [1.165, 1.54) is 0 Å². The highest BCUT2D eigenvalue weighted by Crippen LogP contribution is 2.24. The Morgan fingerprint density at radius 1 is 1.28 bits per heavy atom. The van der Waals surface area contributed by atoms with E-state index in [0.717, 1.165) is 38.0 Å². The Morgan fingerprint density at radius 3 is 2.76 bits per heavy atom. The molecule has 0 radical (unpaired) electrons. The number of aromatic nitrogens is 2. The number of likely N-dealkylation sites (tertiary alicyclic amines) is 1. The molecule has 1 unspecified atom stereocenters. The van der Waals surface area contributed by atoms with Crippen molar-refractivity contribution in [3.05, 3.63) is 18.0 Å². The standard InChI is InChI=1S/C18H29N5O2/c1-14(2)11-17(24)22-12-15(23-16(13-22)6-8-20-23)5-7-19-18(25)21-9-3-4-10-21/h6,8,14-15H,3-5,7,9-13H2,1-2H3,(H,19,25). The van der Waals surface area contributed by atoms with Crippen LogP contribution in [0.4, 0.5) is 4.79 Å². The van der Waals surface area contributed by atoms with Gasteiger partial charge in [0.25, 0.3) is 0 Å². The van der Waals surface area contributed by atoms with E-state index in [4.69, 9.17) is 0 Å². The van der Waals surface area contributed by atoms with E-state index in [0.29, 0.717) is 32.0 Å². The Labute approximate surface area is 149 Å². The van der Waals surface area contributed by atoms with E-state index in [-0.39, 0.29) is 18.0 Å². The minimum absolute atomic E-state index is 0.0294. The van der Waals surface area contributed by atoms with Gasteiger partial charge < -0.3 is 15.1 Å². The molecule has 0 bridgehead atoms. The molecule has 7 heteroatoms. The number of nitrogens with zero attached hydrogens (tertiary/aromatic N) is 4. The predicted molar refractivity (Wildman–Crippen MR) is 95.0 cm³/mol. The van der Waals surface area contributed by atoms with Crippen molar-refractivity contribution in [1.82, 2.24) is 24.9 Å². The minimum Gasteiger partial charge on any atom is -0.338 e. The SMILES string of the molecule is CC(C)CC(=O)N1Cc2ccnn2C(CCNC(=O)N2CCCC2)C1. The third-order valence-electron chi connectivity index (χ3n) is 4.96. The summed E-state index contributed by atoms with van der Waals surface area (Å²) in [4.78, 5) is 28.4. The molecule has 3 rings (SSSR count). The maximum Gasteiger partial charge on any atom is 0.317 e. The van der Waals surface area contributed by atoms with E-state index in [2.05, 4.69) is 24.3 Å². The van der Waals surface area contributed by atoms with Crippen LogP contribution in [0.25, 0.3) is 0 Å². The van der Waals surface area contributed by atoms with Gasteiger partial charge in [0.05, 0.1) is 18.3 Å². The summed E-state index contributed by atoms with van der Waals surface area (Å²) >= 11 is 0. The average molecular weight is 347 g/mol. The van der Waals surface area contributed by atoms with Crippen LogP contribution in [0.15, 0.2) is 12.3 Å². The fourth-order valence-electron chi connectivity index (χ4n) is 3.65. The van der Waals surface area contributed by atoms with Gasteiger partial charge in [0, 0.05) is 38.8 Å². The van der Waals surface area contributed by atoms with Crippen molar-refractivity contribution in [2.24, 2.45) is 5.92 Å². The van der Waals surface area contributed by atoms with Crippen LogP contribution in [0.2, 0.25) is 0 Å². The topological polar surface area (TPSA) is 70.5 Å². The van der Waals surface area contributed by atoms with Gasteiger partial charge in [-0.15, -0.1) is 0 Å². The van der Waals surface area contributed by atoms with Gasteiger partial charge in [-0.2, -0.15) is 5.10 Å². The van der Waals surface area contributed by atoms with Crippen LogP contribution in [0, 0.1) is 5.92 Å². The van der Waals surface area contributed by atoms with E-state index in [1.807, 2.05) is 20.5 Å². The number of fused-ring (bicyclic) bond motifs is 1. The van der Waals surface area contributed by atoms with E-state index >= 15 is 0 Å². The van der Waals surface area contributed by atoms with Gasteiger partial charge in [-0.3, -0.25) is 9.48 Å². The lowest BCUT2D eigenvalue weighted by molar-refractivity contribution is -0.134. The van der Waals surface area contributed by atoms with E-state index in [1.54, 1.807) is 6.20 Å². The molecule has 25 heavy (non-hydrogen) atoms. The first kappa shape index (κ1) is 17.8. The minimum atomic E-state index is 0.0294. The summed E-state index contributed by atoms with van der Waals surface area (Å²) in [5.41, 5.74) is 1.07. The molecule has 1 atom stereocenters. The van der Waals surface area contributed by atoms with Crippen molar-refractivity contribution in [3.63, 3.8) is 0 Å². The molecule has 3 amide bonds. The average Bonchev–Trinajstić information content (AvgIpc) is 3.25. The number of carbonyl (C=O) groups is 2. The quantitative estimate of drug-likeness (QED) is 0.886. The Bertz CT molecular complexity index is 606. The number of hydrogen-bond donors (Lipinski definition) is 1. The molecule has 138 valence electrons. The van der Waals surface area contributed by atoms with Gasteiger partial charge in [-0.05, 0) is 31.2 Å². The lowest BCUT2D eigenvalue weighted by Crippen LogP contribution is -2.43. The Hall–Kier alpha value is -2.05. The van der Waals surface area contributed by atoms with Crippen molar-refractivity contribution < 1.29 is 9.59 Å². The third-order valence-corrected chi connectivity index (χ3v) is 4.96. The molecule has 7 nitrogen and oxygen atoms in total. The summed E-state index contributed by atoms with van der Waals surface area (Å²) in [5, 5.41) is 7.44. The number of hydrogen-bond acceptors (Lipinski definition) is 3. The third kappa shape index (κ3) is 4.32. The van der Waals surface area contributed by atoms with Crippen LogP contribution in [0.5, 0.6) is 0 Å². The first-order chi connectivity index (χ1) is 12.0. The number of rotatable bonds is 5. The number of nitrogens with one attached hydrogen (secondary N) is 1. The molecule has 1 aromatic rings. The summed E-state index contributed by atoms with van der Waals surface area (Å²) in [6.07, 6.45) is 5.34. The van der Waals surface area contributed by atoms with E-state index in [9.17, 15) is 9.59 Å². The first-order valence-corrected chi connectivity index (χ1v) is 9.37. The van der Waals surface area contributed by atoms with Gasteiger partial charge in [-0.1, -0.05) is 13.8 Å². The molecule has 2 aliphatic heterocycles. The van der Waals surface area contributed by atoms with Gasteiger partial charge >= 0.3 is 6.03 Å². The maximum atomic E-state index is 12.5. The van der Waals surface area contributed by atoms with Crippen LogP contribution in [0.3, 0.4) is 0 Å². The summed E-state index contributed by atoms with van der Waals surface area (Å²) in [6.45, 7) is 7.74. The smallest absolute Gasteiger partial charge is 0.317 e. The second-order valence-corrected chi connectivity index (χ2v) is 7.51. The van der Waals surface area contributed by atoms with Crippen LogP contribution < -0.4 is 5.32 Å². The number of carbonyl (C=O) groups excluding carboxylic acids is 2. The molecule has 1 saturated heterocycles. The van der Waals surface area contributed by atoms with Gasteiger partial charge in [0.1, 0.15) is 0 Å². The molecule has 0 aromatic carbocycles. The predicted octanol–water partition coefficient (Wildman–Crippen LogP) is 2.01.